The molecule has 0 unspecified atom stereocenters. The molecule has 1 aliphatic rings. The summed E-state index contributed by atoms with van der Waals surface area (Å²) in [5.74, 6) is 0.731. The average molecular weight is 291 g/mol. The lowest BCUT2D eigenvalue weighted by Gasteiger charge is -2.15. The van der Waals surface area contributed by atoms with E-state index in [9.17, 15) is 4.79 Å². The van der Waals surface area contributed by atoms with Gasteiger partial charge in [-0.1, -0.05) is 36.4 Å². The van der Waals surface area contributed by atoms with E-state index in [1.165, 1.54) is 6.08 Å². The highest BCUT2D eigenvalue weighted by molar-refractivity contribution is 5.99. The van der Waals surface area contributed by atoms with Gasteiger partial charge >= 0.3 is 0 Å². The molecule has 1 aliphatic heterocycles. The van der Waals surface area contributed by atoms with Crippen molar-refractivity contribution < 1.29 is 9.53 Å². The molecule has 0 saturated carbocycles. The monoisotopic (exact) mass is 291 g/mol. The van der Waals surface area contributed by atoms with Crippen molar-refractivity contribution >= 4 is 17.7 Å². The first-order chi connectivity index (χ1) is 10.7. The lowest BCUT2D eigenvalue weighted by molar-refractivity contribution is -0.111. The van der Waals surface area contributed by atoms with E-state index in [0.29, 0.717) is 6.61 Å². The summed E-state index contributed by atoms with van der Waals surface area (Å²) < 4.78 is 5.65. The third-order valence-corrected chi connectivity index (χ3v) is 3.39. The molecule has 2 aromatic rings. The summed E-state index contributed by atoms with van der Waals surface area (Å²) in [5, 5.41) is 2.85. The lowest BCUT2D eigenvalue weighted by atomic mass is 10.1. The molecule has 0 fully saturated rings. The van der Waals surface area contributed by atoms with E-state index in [4.69, 9.17) is 4.74 Å². The zero-order valence-electron chi connectivity index (χ0n) is 12.4. The molecule has 0 aliphatic carbocycles. The molecule has 1 N–H and O–H groups in total. The van der Waals surface area contributed by atoms with Crippen LogP contribution in [0.2, 0.25) is 0 Å². The number of anilines is 1. The molecule has 3 heteroatoms. The normalized spacial score (nSPS) is 13.2. The Hall–Kier alpha value is -2.81. The molecule has 0 saturated heterocycles. The molecule has 0 aromatic heterocycles. The van der Waals surface area contributed by atoms with Crippen LogP contribution in [-0.4, -0.2) is 12.5 Å². The zero-order valence-corrected chi connectivity index (χ0v) is 12.4. The summed E-state index contributed by atoms with van der Waals surface area (Å²) in [4.78, 5) is 11.9. The van der Waals surface area contributed by atoms with E-state index in [-0.39, 0.29) is 5.91 Å². The maximum atomic E-state index is 11.9. The highest BCUT2D eigenvalue weighted by Gasteiger charge is 2.08. The number of rotatable bonds is 3. The van der Waals surface area contributed by atoms with E-state index in [2.05, 4.69) is 5.32 Å². The van der Waals surface area contributed by atoms with Gasteiger partial charge in [-0.25, -0.2) is 0 Å². The second-order valence-electron chi connectivity index (χ2n) is 5.24. The van der Waals surface area contributed by atoms with Gasteiger partial charge in [-0.2, -0.15) is 0 Å². The summed E-state index contributed by atoms with van der Waals surface area (Å²) in [6.07, 6.45) is 5.36. The van der Waals surface area contributed by atoms with Gasteiger partial charge in [-0.15, -0.1) is 0 Å². The molecule has 22 heavy (non-hydrogen) atoms. The number of carbonyl (C=O) groups is 1. The first-order valence-corrected chi connectivity index (χ1v) is 7.19. The van der Waals surface area contributed by atoms with Crippen molar-refractivity contribution in [2.24, 2.45) is 0 Å². The van der Waals surface area contributed by atoms with Crippen LogP contribution in [0.15, 0.2) is 66.3 Å². The van der Waals surface area contributed by atoms with Gasteiger partial charge in [0.1, 0.15) is 12.4 Å². The Morgan fingerprint density at radius 1 is 1.18 bits per heavy atom. The molecule has 3 nitrogen and oxygen atoms in total. The number of carbonyl (C=O) groups excluding carboxylic acids is 1. The van der Waals surface area contributed by atoms with E-state index in [1.807, 2.05) is 61.5 Å². The summed E-state index contributed by atoms with van der Waals surface area (Å²) >= 11 is 0. The molecule has 110 valence electrons. The molecule has 0 spiro atoms. The zero-order chi connectivity index (χ0) is 15.4. The number of hydrogen-bond donors (Lipinski definition) is 1. The molecule has 2 aromatic carbocycles. The topological polar surface area (TPSA) is 38.3 Å². The predicted molar refractivity (Wildman–Crippen MR) is 88.9 cm³/mol. The Morgan fingerprint density at radius 3 is 2.91 bits per heavy atom. The van der Waals surface area contributed by atoms with Crippen molar-refractivity contribution in [2.45, 2.75) is 6.92 Å². The Morgan fingerprint density at radius 2 is 2.05 bits per heavy atom. The first-order valence-electron chi connectivity index (χ1n) is 7.19. The number of para-hydroxylation sites is 1. The maximum Gasteiger partial charge on any atom is 0.248 e. The Balaban J connectivity index is 1.67. The van der Waals surface area contributed by atoms with Crippen LogP contribution in [0.1, 0.15) is 11.1 Å². The number of hydrogen-bond acceptors (Lipinski definition) is 2. The highest BCUT2D eigenvalue weighted by Crippen LogP contribution is 2.25. The van der Waals surface area contributed by atoms with Crippen LogP contribution in [0.25, 0.3) is 6.08 Å². The van der Waals surface area contributed by atoms with Crippen molar-refractivity contribution in [3.8, 4) is 5.75 Å². The second-order valence-corrected chi connectivity index (χ2v) is 5.24. The van der Waals surface area contributed by atoms with Crippen LogP contribution in [0, 0.1) is 6.92 Å². The van der Waals surface area contributed by atoms with Gasteiger partial charge in [-0.05, 0) is 42.3 Å². The van der Waals surface area contributed by atoms with Crippen LogP contribution >= 0.6 is 0 Å². The maximum absolute atomic E-state index is 11.9. The molecule has 0 bridgehead atoms. The summed E-state index contributed by atoms with van der Waals surface area (Å²) in [6, 6.07) is 15.6. The molecule has 3 rings (SSSR count). The van der Waals surface area contributed by atoms with Gasteiger partial charge in [0.25, 0.3) is 0 Å². The second kappa shape index (κ2) is 6.31. The van der Waals surface area contributed by atoms with Crippen molar-refractivity contribution in [1.29, 1.82) is 0 Å². The lowest BCUT2D eigenvalue weighted by Crippen LogP contribution is -2.09. The van der Waals surface area contributed by atoms with Crippen LogP contribution < -0.4 is 10.1 Å². The van der Waals surface area contributed by atoms with Gasteiger partial charge in [0.2, 0.25) is 5.91 Å². The van der Waals surface area contributed by atoms with Crippen LogP contribution in [-0.2, 0) is 4.79 Å². The molecule has 1 heterocycles. The van der Waals surface area contributed by atoms with Gasteiger partial charge in [0, 0.05) is 17.3 Å². The summed E-state index contributed by atoms with van der Waals surface area (Å²) in [7, 11) is 0. The standard InChI is InChI=1S/C19H17NO2/c1-14-5-4-7-17(11-14)20-19(21)10-9-15-12-16-6-2-3-8-18(16)22-13-15/h2-12H,13H2,1H3,(H,20,21). The minimum Gasteiger partial charge on any atom is -0.488 e. The van der Waals surface area contributed by atoms with Crippen molar-refractivity contribution in [1.82, 2.24) is 0 Å². The van der Waals surface area contributed by atoms with Gasteiger partial charge < -0.3 is 10.1 Å². The van der Waals surface area contributed by atoms with E-state index in [0.717, 1.165) is 28.1 Å². The van der Waals surface area contributed by atoms with Crippen molar-refractivity contribution in [2.75, 3.05) is 11.9 Å². The smallest absolute Gasteiger partial charge is 0.248 e. The average Bonchev–Trinajstić information content (AvgIpc) is 2.53. The van der Waals surface area contributed by atoms with E-state index >= 15 is 0 Å². The third-order valence-electron chi connectivity index (χ3n) is 3.39. The minimum absolute atomic E-state index is 0.148. The number of amides is 1. The number of fused-ring (bicyclic) bond motifs is 1. The number of aryl methyl sites for hydroxylation is 1. The Labute approximate surface area is 129 Å². The van der Waals surface area contributed by atoms with Crippen LogP contribution in [0.3, 0.4) is 0 Å². The molecule has 0 radical (unpaired) electrons. The van der Waals surface area contributed by atoms with Crippen molar-refractivity contribution in [3.63, 3.8) is 0 Å². The molecule has 0 atom stereocenters. The molecular formula is C19H17NO2. The van der Waals surface area contributed by atoms with Crippen LogP contribution in [0.4, 0.5) is 5.69 Å². The fraction of sp³-hybridized carbons (Fsp3) is 0.105. The first kappa shape index (κ1) is 14.1. The van der Waals surface area contributed by atoms with E-state index in [1.54, 1.807) is 6.08 Å². The summed E-state index contributed by atoms with van der Waals surface area (Å²) in [6.45, 7) is 2.47. The largest absolute Gasteiger partial charge is 0.488 e. The van der Waals surface area contributed by atoms with Gasteiger partial charge in [0.05, 0.1) is 0 Å². The minimum atomic E-state index is -0.148. The molecular weight excluding hydrogens is 274 g/mol. The fourth-order valence-corrected chi connectivity index (χ4v) is 2.32. The van der Waals surface area contributed by atoms with Gasteiger partial charge in [-0.3, -0.25) is 4.79 Å². The SMILES string of the molecule is Cc1cccc(NC(=O)C=CC2=Cc3ccccc3OC2)c1. The van der Waals surface area contributed by atoms with Crippen molar-refractivity contribution in [3.05, 3.63) is 77.4 Å². The van der Waals surface area contributed by atoms with Crippen LogP contribution in [0.5, 0.6) is 5.75 Å². The predicted octanol–water partition coefficient (Wildman–Crippen LogP) is 3.97. The fourth-order valence-electron chi connectivity index (χ4n) is 2.32. The van der Waals surface area contributed by atoms with E-state index < -0.39 is 0 Å². The third kappa shape index (κ3) is 3.44. The quantitative estimate of drug-likeness (QED) is 0.869. The Kier molecular flexibility index (Phi) is 4.05. The highest BCUT2D eigenvalue weighted by atomic mass is 16.5. The molecule has 1 amide bonds. The Bertz CT molecular complexity index is 760. The number of benzene rings is 2. The number of ether oxygens (including phenoxy) is 1. The summed E-state index contributed by atoms with van der Waals surface area (Å²) in [5.41, 5.74) is 3.92. The number of nitrogens with one attached hydrogen (secondary N) is 1. The van der Waals surface area contributed by atoms with Gasteiger partial charge in [0.15, 0.2) is 0 Å².